The van der Waals surface area contributed by atoms with Crippen LogP contribution in [0.25, 0.3) is 0 Å². The molecule has 1 rings (SSSR count). The molecule has 0 aromatic heterocycles. The summed E-state index contributed by atoms with van der Waals surface area (Å²) in [6, 6.07) is 7.90. The lowest BCUT2D eigenvalue weighted by Crippen LogP contribution is -2.34. The van der Waals surface area contributed by atoms with Crippen LogP contribution in [-0.2, 0) is 9.53 Å². The molecule has 0 spiro atoms. The van der Waals surface area contributed by atoms with E-state index < -0.39 is 0 Å². The highest BCUT2D eigenvalue weighted by Gasteiger charge is 2.10. The zero-order chi connectivity index (χ0) is 14.8. The molecule has 110 valence electrons. The van der Waals surface area contributed by atoms with Crippen LogP contribution in [0.5, 0.6) is 5.75 Å². The number of esters is 1. The second-order valence-corrected chi connectivity index (χ2v) is 4.49. The molecule has 0 aliphatic heterocycles. The zero-order valence-electron chi connectivity index (χ0n) is 12.3. The van der Waals surface area contributed by atoms with Crippen LogP contribution < -0.4 is 4.74 Å². The Morgan fingerprint density at radius 2 is 2.25 bits per heavy atom. The molecule has 0 atom stereocenters. The average molecular weight is 277 g/mol. The lowest BCUT2D eigenvalue weighted by Gasteiger charge is -2.19. The highest BCUT2D eigenvalue weighted by molar-refractivity contribution is 5.71. The van der Waals surface area contributed by atoms with Gasteiger partial charge in [0.05, 0.1) is 13.2 Å². The van der Waals surface area contributed by atoms with E-state index >= 15 is 0 Å². The first-order valence-electron chi connectivity index (χ1n) is 6.84. The molecule has 0 aliphatic rings. The average Bonchev–Trinajstić information content (AvgIpc) is 2.39. The Bertz CT molecular complexity index is 431. The molecule has 4 nitrogen and oxygen atoms in total. The van der Waals surface area contributed by atoms with Crippen molar-refractivity contribution >= 4 is 5.97 Å². The fraction of sp³-hybridized carbons (Fsp3) is 0.438. The fourth-order valence-corrected chi connectivity index (χ4v) is 1.80. The topological polar surface area (TPSA) is 38.8 Å². The van der Waals surface area contributed by atoms with Gasteiger partial charge in [0.25, 0.3) is 0 Å². The van der Waals surface area contributed by atoms with Crippen molar-refractivity contribution in [3.8, 4) is 5.75 Å². The van der Waals surface area contributed by atoms with Gasteiger partial charge in [-0.2, -0.15) is 0 Å². The van der Waals surface area contributed by atoms with E-state index in [0.717, 1.165) is 11.3 Å². The van der Waals surface area contributed by atoms with Crippen LogP contribution in [0.4, 0.5) is 0 Å². The molecule has 20 heavy (non-hydrogen) atoms. The normalized spacial score (nSPS) is 10.3. The summed E-state index contributed by atoms with van der Waals surface area (Å²) in [5.74, 6) is 0.629. The molecule has 0 bridgehead atoms. The van der Waals surface area contributed by atoms with Crippen molar-refractivity contribution in [2.45, 2.75) is 13.8 Å². The Morgan fingerprint density at radius 3 is 2.90 bits per heavy atom. The molecule has 4 heteroatoms. The predicted octanol–water partition coefficient (Wildman–Crippen LogP) is 2.42. The Morgan fingerprint density at radius 1 is 1.45 bits per heavy atom. The Hall–Kier alpha value is -1.81. The van der Waals surface area contributed by atoms with Gasteiger partial charge in [0.2, 0.25) is 0 Å². The van der Waals surface area contributed by atoms with Gasteiger partial charge >= 0.3 is 5.97 Å². The second kappa shape index (κ2) is 9.15. The van der Waals surface area contributed by atoms with Gasteiger partial charge in [-0.05, 0) is 31.5 Å². The molecule has 0 amide bonds. The molecular weight excluding hydrogens is 254 g/mol. The van der Waals surface area contributed by atoms with Crippen molar-refractivity contribution in [2.75, 3.05) is 32.8 Å². The number of benzene rings is 1. The van der Waals surface area contributed by atoms with Crippen molar-refractivity contribution in [2.24, 2.45) is 0 Å². The van der Waals surface area contributed by atoms with Crippen LogP contribution in [-0.4, -0.2) is 43.7 Å². The first-order valence-corrected chi connectivity index (χ1v) is 6.84. The van der Waals surface area contributed by atoms with Crippen LogP contribution in [0.15, 0.2) is 36.9 Å². The largest absolute Gasteiger partial charge is 0.492 e. The van der Waals surface area contributed by atoms with Crippen molar-refractivity contribution in [3.63, 3.8) is 0 Å². The van der Waals surface area contributed by atoms with E-state index in [1.165, 1.54) is 0 Å². The molecule has 0 heterocycles. The van der Waals surface area contributed by atoms with Crippen molar-refractivity contribution in [1.29, 1.82) is 0 Å². The lowest BCUT2D eigenvalue weighted by atomic mass is 10.2. The molecule has 0 aliphatic carbocycles. The van der Waals surface area contributed by atoms with Crippen molar-refractivity contribution < 1.29 is 14.3 Å². The Kier molecular flexibility index (Phi) is 7.43. The summed E-state index contributed by atoms with van der Waals surface area (Å²) in [5, 5.41) is 0. The summed E-state index contributed by atoms with van der Waals surface area (Å²) < 4.78 is 10.6. The fourth-order valence-electron chi connectivity index (χ4n) is 1.80. The first kappa shape index (κ1) is 16.2. The van der Waals surface area contributed by atoms with Gasteiger partial charge in [0.15, 0.2) is 0 Å². The molecule has 0 fully saturated rings. The van der Waals surface area contributed by atoms with Crippen LogP contribution >= 0.6 is 0 Å². The van der Waals surface area contributed by atoms with Gasteiger partial charge in [-0.15, -0.1) is 6.58 Å². The molecule has 0 saturated carbocycles. The number of carbonyl (C=O) groups is 1. The van der Waals surface area contributed by atoms with E-state index in [1.54, 1.807) is 13.0 Å². The van der Waals surface area contributed by atoms with Crippen LogP contribution in [0.2, 0.25) is 0 Å². The molecule has 0 radical (unpaired) electrons. The summed E-state index contributed by atoms with van der Waals surface area (Å²) in [6.45, 7) is 10.00. The maximum atomic E-state index is 11.5. The van der Waals surface area contributed by atoms with Gasteiger partial charge in [-0.1, -0.05) is 18.2 Å². The van der Waals surface area contributed by atoms with Gasteiger partial charge in [-0.25, -0.2) is 0 Å². The van der Waals surface area contributed by atoms with E-state index in [9.17, 15) is 4.79 Å². The minimum atomic E-state index is -0.218. The highest BCUT2D eigenvalue weighted by Crippen LogP contribution is 2.12. The lowest BCUT2D eigenvalue weighted by molar-refractivity contribution is -0.144. The second-order valence-electron chi connectivity index (χ2n) is 4.49. The quantitative estimate of drug-likeness (QED) is 0.513. The maximum Gasteiger partial charge on any atom is 0.320 e. The zero-order valence-corrected chi connectivity index (χ0v) is 12.3. The number of carbonyl (C=O) groups excluding carboxylic acids is 1. The summed E-state index contributed by atoms with van der Waals surface area (Å²) in [7, 11) is 0. The van der Waals surface area contributed by atoms with E-state index in [1.807, 2.05) is 36.1 Å². The van der Waals surface area contributed by atoms with Crippen molar-refractivity contribution in [1.82, 2.24) is 4.90 Å². The van der Waals surface area contributed by atoms with Gasteiger partial charge in [-0.3, -0.25) is 9.69 Å². The summed E-state index contributed by atoms with van der Waals surface area (Å²) in [4.78, 5) is 13.4. The Labute approximate surface area is 121 Å². The summed E-state index contributed by atoms with van der Waals surface area (Å²) in [6.07, 6.45) is 1.77. The molecule has 0 N–H and O–H groups in total. The van der Waals surface area contributed by atoms with Crippen molar-refractivity contribution in [3.05, 3.63) is 42.5 Å². The van der Waals surface area contributed by atoms with Gasteiger partial charge < -0.3 is 9.47 Å². The van der Waals surface area contributed by atoms with Crippen LogP contribution in [0.1, 0.15) is 12.5 Å². The highest BCUT2D eigenvalue weighted by atomic mass is 16.5. The number of hydrogen-bond donors (Lipinski definition) is 0. The van der Waals surface area contributed by atoms with E-state index in [-0.39, 0.29) is 12.5 Å². The number of ether oxygens (including phenoxy) is 2. The number of aryl methyl sites for hydroxylation is 1. The van der Waals surface area contributed by atoms with E-state index in [2.05, 4.69) is 6.58 Å². The molecule has 1 aromatic carbocycles. The third kappa shape index (κ3) is 6.38. The molecule has 0 unspecified atom stereocenters. The minimum absolute atomic E-state index is 0.218. The predicted molar refractivity (Wildman–Crippen MR) is 79.9 cm³/mol. The SMILES string of the molecule is C=CCN(CCOc1cccc(C)c1)CC(=O)OCC. The maximum absolute atomic E-state index is 11.5. The van der Waals surface area contributed by atoms with Crippen LogP contribution in [0.3, 0.4) is 0 Å². The number of rotatable bonds is 9. The third-order valence-corrected chi connectivity index (χ3v) is 2.71. The van der Waals surface area contributed by atoms with E-state index in [0.29, 0.717) is 26.3 Å². The molecular formula is C16H23NO3. The standard InChI is InChI=1S/C16H23NO3/c1-4-9-17(13-16(18)19-5-2)10-11-20-15-8-6-7-14(3)12-15/h4,6-8,12H,1,5,9-11,13H2,2-3H3. The van der Waals surface area contributed by atoms with E-state index in [4.69, 9.17) is 9.47 Å². The number of hydrogen-bond acceptors (Lipinski definition) is 4. The first-order chi connectivity index (χ1) is 9.65. The minimum Gasteiger partial charge on any atom is -0.492 e. The number of nitrogens with zero attached hydrogens (tertiary/aromatic N) is 1. The summed E-state index contributed by atoms with van der Waals surface area (Å²) in [5.41, 5.74) is 1.16. The van der Waals surface area contributed by atoms with Crippen LogP contribution in [0, 0.1) is 6.92 Å². The summed E-state index contributed by atoms with van der Waals surface area (Å²) >= 11 is 0. The Balaban J connectivity index is 2.38. The molecule has 1 aromatic rings. The smallest absolute Gasteiger partial charge is 0.320 e. The third-order valence-electron chi connectivity index (χ3n) is 2.71. The monoisotopic (exact) mass is 277 g/mol. The molecule has 0 saturated heterocycles. The van der Waals surface area contributed by atoms with Gasteiger partial charge in [0.1, 0.15) is 12.4 Å². The van der Waals surface area contributed by atoms with Gasteiger partial charge in [0, 0.05) is 13.1 Å².